The number of carboxylic acids is 1. The number of hydrogen-bond donors (Lipinski definition) is 1. The van der Waals surface area contributed by atoms with Crippen LogP contribution in [-0.2, 0) is 14.8 Å². The lowest BCUT2D eigenvalue weighted by Crippen LogP contribution is -2.47. The van der Waals surface area contributed by atoms with Crippen molar-refractivity contribution in [2.45, 2.75) is 30.2 Å². The molecular weight excluding hydrogens is 292 g/mol. The highest BCUT2D eigenvalue weighted by Gasteiger charge is 2.37. The van der Waals surface area contributed by atoms with Crippen LogP contribution in [-0.4, -0.2) is 36.4 Å². The van der Waals surface area contributed by atoms with Crippen molar-refractivity contribution in [3.05, 3.63) is 29.8 Å². The quantitative estimate of drug-likeness (QED) is 0.920. The summed E-state index contributed by atoms with van der Waals surface area (Å²) in [5.41, 5.74) is 0. The molecule has 8 heteroatoms. The maximum Gasteiger partial charge on any atom is 0.322 e. The van der Waals surface area contributed by atoms with Gasteiger partial charge in [-0.05, 0) is 31.4 Å². The Morgan fingerprint density at radius 2 is 1.80 bits per heavy atom. The van der Waals surface area contributed by atoms with Gasteiger partial charge in [-0.1, -0.05) is 0 Å². The van der Waals surface area contributed by atoms with E-state index < -0.39 is 38.6 Å². The van der Waals surface area contributed by atoms with E-state index in [4.69, 9.17) is 5.11 Å². The van der Waals surface area contributed by atoms with E-state index in [1.165, 1.54) is 0 Å². The molecule has 0 bridgehead atoms. The first kappa shape index (κ1) is 14.9. The lowest BCUT2D eigenvalue weighted by molar-refractivity contribution is -0.142. The van der Waals surface area contributed by atoms with Crippen molar-refractivity contribution >= 4 is 16.0 Å². The van der Waals surface area contributed by atoms with Crippen molar-refractivity contribution in [1.29, 1.82) is 0 Å². The van der Waals surface area contributed by atoms with Gasteiger partial charge in [0.05, 0.1) is 4.90 Å². The molecule has 1 aliphatic rings. The van der Waals surface area contributed by atoms with E-state index >= 15 is 0 Å². The molecular formula is C12H13F2NO4S. The second-order valence-corrected chi connectivity index (χ2v) is 6.46. The minimum absolute atomic E-state index is 0.0252. The van der Waals surface area contributed by atoms with Crippen LogP contribution in [0.4, 0.5) is 8.78 Å². The molecule has 1 saturated heterocycles. The molecule has 2 rings (SSSR count). The standard InChI is InChI=1S/C12H13F2NO4S/c13-8-5-9(14)7-10(6-8)20(18,19)15-4-2-1-3-11(15)12(16)17/h5-7,11H,1-4H2,(H,16,17)/t11-/m0/s1. The summed E-state index contributed by atoms with van der Waals surface area (Å²) in [5.74, 6) is -3.30. The molecule has 1 atom stereocenters. The van der Waals surface area contributed by atoms with Gasteiger partial charge in [-0.3, -0.25) is 4.79 Å². The Labute approximate surface area is 114 Å². The van der Waals surface area contributed by atoms with Gasteiger partial charge in [-0.15, -0.1) is 0 Å². The minimum Gasteiger partial charge on any atom is -0.480 e. The fraction of sp³-hybridized carbons (Fsp3) is 0.417. The highest BCUT2D eigenvalue weighted by atomic mass is 32.2. The van der Waals surface area contributed by atoms with Crippen molar-refractivity contribution in [1.82, 2.24) is 4.31 Å². The first-order valence-corrected chi connectivity index (χ1v) is 7.47. The summed E-state index contributed by atoms with van der Waals surface area (Å²) < 4.78 is 51.8. The zero-order chi connectivity index (χ0) is 14.9. The van der Waals surface area contributed by atoms with E-state index in [-0.39, 0.29) is 13.0 Å². The van der Waals surface area contributed by atoms with Crippen LogP contribution in [0.3, 0.4) is 0 Å². The van der Waals surface area contributed by atoms with Gasteiger partial charge < -0.3 is 5.11 Å². The molecule has 0 amide bonds. The third-order valence-corrected chi connectivity index (χ3v) is 5.07. The molecule has 1 aliphatic heterocycles. The van der Waals surface area contributed by atoms with Gasteiger partial charge in [0.1, 0.15) is 17.7 Å². The molecule has 0 radical (unpaired) electrons. The molecule has 1 heterocycles. The van der Waals surface area contributed by atoms with E-state index in [9.17, 15) is 22.0 Å². The topological polar surface area (TPSA) is 74.7 Å². The van der Waals surface area contributed by atoms with Gasteiger partial charge in [0, 0.05) is 12.6 Å². The highest BCUT2D eigenvalue weighted by molar-refractivity contribution is 7.89. The van der Waals surface area contributed by atoms with Crippen LogP contribution in [0.2, 0.25) is 0 Å². The fourth-order valence-corrected chi connectivity index (χ4v) is 3.95. The van der Waals surface area contributed by atoms with E-state index in [1.807, 2.05) is 0 Å². The first-order valence-electron chi connectivity index (χ1n) is 6.03. The molecule has 1 fully saturated rings. The highest BCUT2D eigenvalue weighted by Crippen LogP contribution is 2.26. The van der Waals surface area contributed by atoms with Gasteiger partial charge in [0.15, 0.2) is 0 Å². The normalized spacial score (nSPS) is 20.8. The predicted molar refractivity (Wildman–Crippen MR) is 65.5 cm³/mol. The summed E-state index contributed by atoms with van der Waals surface area (Å²) in [6.45, 7) is 0.0252. The van der Waals surface area contributed by atoms with Crippen molar-refractivity contribution in [2.75, 3.05) is 6.54 Å². The number of sulfonamides is 1. The van der Waals surface area contributed by atoms with Crippen LogP contribution >= 0.6 is 0 Å². The molecule has 1 N–H and O–H groups in total. The maximum atomic E-state index is 13.1. The van der Waals surface area contributed by atoms with Crippen molar-refractivity contribution in [3.8, 4) is 0 Å². The van der Waals surface area contributed by atoms with Gasteiger partial charge >= 0.3 is 5.97 Å². The molecule has 20 heavy (non-hydrogen) atoms. The van der Waals surface area contributed by atoms with Crippen molar-refractivity contribution < 1.29 is 27.1 Å². The first-order chi connectivity index (χ1) is 9.32. The summed E-state index contributed by atoms with van der Waals surface area (Å²) in [4.78, 5) is 10.6. The average Bonchev–Trinajstić information content (AvgIpc) is 2.37. The summed E-state index contributed by atoms with van der Waals surface area (Å²) in [6, 6.07) is 0.738. The van der Waals surface area contributed by atoms with Crippen molar-refractivity contribution in [2.24, 2.45) is 0 Å². The predicted octanol–water partition coefficient (Wildman–Crippen LogP) is 1.59. The molecule has 0 aromatic heterocycles. The Hall–Kier alpha value is -1.54. The Balaban J connectivity index is 2.44. The van der Waals surface area contributed by atoms with Crippen molar-refractivity contribution in [3.63, 3.8) is 0 Å². The lowest BCUT2D eigenvalue weighted by atomic mass is 10.1. The third-order valence-electron chi connectivity index (χ3n) is 3.18. The summed E-state index contributed by atoms with van der Waals surface area (Å²) in [7, 11) is -4.23. The average molecular weight is 305 g/mol. The molecule has 1 aromatic rings. The molecule has 0 aliphatic carbocycles. The Morgan fingerprint density at radius 1 is 1.20 bits per heavy atom. The van der Waals surface area contributed by atoms with Crippen LogP contribution in [0.15, 0.2) is 23.1 Å². The summed E-state index contributed by atoms with van der Waals surface area (Å²) >= 11 is 0. The van der Waals surface area contributed by atoms with Gasteiger partial charge in [0.25, 0.3) is 0 Å². The Morgan fingerprint density at radius 3 is 2.35 bits per heavy atom. The number of rotatable bonds is 3. The zero-order valence-corrected chi connectivity index (χ0v) is 11.2. The van der Waals surface area contributed by atoms with Crippen LogP contribution in [0.5, 0.6) is 0 Å². The van der Waals surface area contributed by atoms with Crippen LogP contribution in [0.1, 0.15) is 19.3 Å². The van der Waals surface area contributed by atoms with Gasteiger partial charge in [-0.2, -0.15) is 4.31 Å². The molecule has 0 saturated carbocycles. The molecule has 110 valence electrons. The largest absolute Gasteiger partial charge is 0.480 e. The van der Waals surface area contributed by atoms with Crippen LogP contribution in [0, 0.1) is 11.6 Å². The molecule has 0 unspecified atom stereocenters. The van der Waals surface area contributed by atoms with Crippen LogP contribution < -0.4 is 0 Å². The maximum absolute atomic E-state index is 13.1. The lowest BCUT2D eigenvalue weighted by Gasteiger charge is -2.31. The number of piperidine rings is 1. The molecule has 1 aromatic carbocycles. The Kier molecular flexibility index (Phi) is 4.05. The third kappa shape index (κ3) is 2.80. The van der Waals surface area contributed by atoms with Crippen LogP contribution in [0.25, 0.3) is 0 Å². The summed E-state index contributed by atoms with van der Waals surface area (Å²) in [6.07, 6.45) is 1.30. The monoisotopic (exact) mass is 305 g/mol. The minimum atomic E-state index is -4.23. The van der Waals surface area contributed by atoms with E-state index in [0.29, 0.717) is 31.0 Å². The summed E-state index contributed by atoms with van der Waals surface area (Å²) in [5, 5.41) is 9.07. The number of nitrogens with zero attached hydrogens (tertiary/aromatic N) is 1. The van der Waals surface area contributed by atoms with E-state index in [2.05, 4.69) is 0 Å². The van der Waals surface area contributed by atoms with Gasteiger partial charge in [0.2, 0.25) is 10.0 Å². The fourth-order valence-electron chi connectivity index (χ4n) is 2.25. The number of carbonyl (C=O) groups is 1. The second kappa shape index (κ2) is 5.45. The number of hydrogen-bond acceptors (Lipinski definition) is 3. The zero-order valence-electron chi connectivity index (χ0n) is 10.4. The smallest absolute Gasteiger partial charge is 0.322 e. The number of carboxylic acid groups (broad SMARTS) is 1. The second-order valence-electron chi connectivity index (χ2n) is 4.57. The number of benzene rings is 1. The van der Waals surface area contributed by atoms with E-state index in [1.54, 1.807) is 0 Å². The van der Waals surface area contributed by atoms with E-state index in [0.717, 1.165) is 4.31 Å². The van der Waals surface area contributed by atoms with Gasteiger partial charge in [-0.25, -0.2) is 17.2 Å². The number of halogens is 2. The SMILES string of the molecule is O=C(O)[C@@H]1CCCCN1S(=O)(=O)c1cc(F)cc(F)c1. The number of aliphatic carboxylic acids is 1. The molecule has 0 spiro atoms. The Bertz CT molecular complexity index is 612. The molecule has 5 nitrogen and oxygen atoms in total.